The highest BCUT2D eigenvalue weighted by Crippen LogP contribution is 2.36. The maximum absolute atomic E-state index is 6.02. The van der Waals surface area contributed by atoms with Crippen LogP contribution in [0.3, 0.4) is 0 Å². The molecule has 4 rings (SSSR count). The molecular weight excluding hydrogens is 396 g/mol. The van der Waals surface area contributed by atoms with Crippen LogP contribution in [0.1, 0.15) is 54.5 Å². The second-order valence-electron chi connectivity index (χ2n) is 9.53. The lowest BCUT2D eigenvalue weighted by atomic mass is 9.76. The summed E-state index contributed by atoms with van der Waals surface area (Å²) in [5.41, 5.74) is 6.49. The molecule has 0 N–H and O–H groups in total. The van der Waals surface area contributed by atoms with Gasteiger partial charge in [0.15, 0.2) is 0 Å². The van der Waals surface area contributed by atoms with E-state index < -0.39 is 0 Å². The second-order valence-corrected chi connectivity index (χ2v) is 9.53. The third kappa shape index (κ3) is 5.70. The van der Waals surface area contributed by atoms with Crippen molar-refractivity contribution in [1.82, 2.24) is 0 Å². The Morgan fingerprint density at radius 1 is 0.906 bits per heavy atom. The van der Waals surface area contributed by atoms with E-state index in [9.17, 15) is 0 Å². The summed E-state index contributed by atoms with van der Waals surface area (Å²) in [6.45, 7) is 14.9. The van der Waals surface area contributed by atoms with Crippen LogP contribution in [0, 0.1) is 0 Å². The number of hydrogen-bond donors (Lipinski definition) is 0. The Hall–Kier alpha value is -2.36. The summed E-state index contributed by atoms with van der Waals surface area (Å²) in [6.07, 6.45) is 9.83. The van der Waals surface area contributed by atoms with E-state index in [1.54, 1.807) is 0 Å². The first-order valence-corrected chi connectivity index (χ1v) is 11.8. The summed E-state index contributed by atoms with van der Waals surface area (Å²) in [4.78, 5) is 0. The molecule has 2 aromatic carbocycles. The highest BCUT2D eigenvalue weighted by molar-refractivity contribution is 5.47. The molecule has 170 valence electrons. The molecule has 2 atom stereocenters. The Morgan fingerprint density at radius 3 is 2.19 bits per heavy atom. The van der Waals surface area contributed by atoms with Crippen molar-refractivity contribution in [1.29, 1.82) is 0 Å². The molecule has 2 heterocycles. The maximum atomic E-state index is 6.02. The number of ether oxygens (including phenoxy) is 3. The standard InChI is InChI=1S/C29H36O3/c1-5-8-22-16-24(13-12-21(22)10-7-11-26-18-30-26)29(3,4)25-14-15-28(23(17-25)9-6-2)32-20-27-19-31-27/h5-6,12-17,26-27H,1-2,7-11,18-20H2,3-4H3. The molecule has 0 bridgehead atoms. The monoisotopic (exact) mass is 432 g/mol. The number of benzene rings is 2. The minimum Gasteiger partial charge on any atom is -0.490 e. The maximum Gasteiger partial charge on any atom is 0.122 e. The van der Waals surface area contributed by atoms with Gasteiger partial charge in [-0.15, -0.1) is 13.2 Å². The molecule has 0 spiro atoms. The molecule has 3 nitrogen and oxygen atoms in total. The van der Waals surface area contributed by atoms with Gasteiger partial charge in [0, 0.05) is 5.41 Å². The van der Waals surface area contributed by atoms with E-state index in [2.05, 4.69) is 63.4 Å². The minimum atomic E-state index is -0.121. The van der Waals surface area contributed by atoms with Gasteiger partial charge < -0.3 is 14.2 Å². The van der Waals surface area contributed by atoms with Crippen molar-refractivity contribution in [2.24, 2.45) is 0 Å². The van der Waals surface area contributed by atoms with Crippen molar-refractivity contribution in [3.05, 3.63) is 89.5 Å². The summed E-state index contributed by atoms with van der Waals surface area (Å²) in [6, 6.07) is 13.6. The molecular formula is C29H36O3. The fourth-order valence-corrected chi connectivity index (χ4v) is 4.30. The van der Waals surface area contributed by atoms with Crippen LogP contribution in [0.5, 0.6) is 5.75 Å². The molecule has 2 unspecified atom stereocenters. The third-order valence-corrected chi connectivity index (χ3v) is 6.64. The van der Waals surface area contributed by atoms with Gasteiger partial charge in [-0.1, -0.05) is 56.3 Å². The highest BCUT2D eigenvalue weighted by atomic mass is 16.6. The van der Waals surface area contributed by atoms with E-state index in [0.29, 0.717) is 12.7 Å². The van der Waals surface area contributed by atoms with Crippen LogP contribution in [0.2, 0.25) is 0 Å². The van der Waals surface area contributed by atoms with E-state index in [1.807, 2.05) is 12.2 Å². The van der Waals surface area contributed by atoms with Crippen molar-refractivity contribution in [2.75, 3.05) is 19.8 Å². The normalized spacial score (nSPS) is 19.4. The Morgan fingerprint density at radius 2 is 1.53 bits per heavy atom. The lowest BCUT2D eigenvalue weighted by molar-refractivity contribution is 0.261. The Kier molecular flexibility index (Phi) is 7.17. The number of allylic oxidation sites excluding steroid dienone is 2. The fourth-order valence-electron chi connectivity index (χ4n) is 4.30. The topological polar surface area (TPSA) is 34.3 Å². The third-order valence-electron chi connectivity index (χ3n) is 6.64. The Labute approximate surface area is 193 Å². The van der Waals surface area contributed by atoms with Crippen LogP contribution in [-0.4, -0.2) is 32.0 Å². The molecule has 2 aliphatic heterocycles. The van der Waals surface area contributed by atoms with Gasteiger partial charge in [0.1, 0.15) is 18.5 Å². The van der Waals surface area contributed by atoms with E-state index in [0.717, 1.165) is 44.6 Å². The predicted molar refractivity (Wildman–Crippen MR) is 131 cm³/mol. The van der Waals surface area contributed by atoms with Crippen LogP contribution in [0.4, 0.5) is 0 Å². The second kappa shape index (κ2) is 10.1. The Balaban J connectivity index is 1.56. The fraction of sp³-hybridized carbons (Fsp3) is 0.448. The molecule has 2 aliphatic rings. The summed E-state index contributed by atoms with van der Waals surface area (Å²) < 4.78 is 16.7. The summed E-state index contributed by atoms with van der Waals surface area (Å²) >= 11 is 0. The van der Waals surface area contributed by atoms with Crippen molar-refractivity contribution in [2.45, 2.75) is 63.6 Å². The smallest absolute Gasteiger partial charge is 0.122 e. The van der Waals surface area contributed by atoms with Crippen LogP contribution >= 0.6 is 0 Å². The van der Waals surface area contributed by atoms with Crippen LogP contribution in [-0.2, 0) is 34.2 Å². The number of rotatable bonds is 13. The van der Waals surface area contributed by atoms with Crippen LogP contribution in [0.15, 0.2) is 61.7 Å². The SMILES string of the molecule is C=CCc1cc(C(C)(C)c2ccc(OCC3CO3)c(CC=C)c2)ccc1CCCC1CO1. The molecule has 2 fully saturated rings. The van der Waals surface area contributed by atoms with E-state index in [-0.39, 0.29) is 11.5 Å². The molecule has 0 aromatic heterocycles. The number of aryl methyl sites for hydroxylation is 1. The number of epoxide rings is 2. The van der Waals surface area contributed by atoms with Gasteiger partial charge in [-0.05, 0) is 66.0 Å². The zero-order valence-electron chi connectivity index (χ0n) is 19.6. The van der Waals surface area contributed by atoms with Crippen molar-refractivity contribution in [3.8, 4) is 5.75 Å². The first kappa shape index (κ1) is 22.8. The molecule has 2 saturated heterocycles. The first-order valence-electron chi connectivity index (χ1n) is 11.8. The molecule has 0 saturated carbocycles. The number of hydrogen-bond acceptors (Lipinski definition) is 3. The first-order chi connectivity index (χ1) is 15.5. The van der Waals surface area contributed by atoms with E-state index in [1.165, 1.54) is 34.2 Å². The van der Waals surface area contributed by atoms with Gasteiger partial charge in [0.2, 0.25) is 0 Å². The van der Waals surface area contributed by atoms with Gasteiger partial charge in [-0.2, -0.15) is 0 Å². The van der Waals surface area contributed by atoms with Crippen molar-refractivity contribution < 1.29 is 14.2 Å². The van der Waals surface area contributed by atoms with E-state index >= 15 is 0 Å². The average molecular weight is 433 g/mol. The van der Waals surface area contributed by atoms with Crippen LogP contribution < -0.4 is 4.74 Å². The zero-order chi connectivity index (χ0) is 22.6. The molecule has 0 amide bonds. The largest absolute Gasteiger partial charge is 0.490 e. The van der Waals surface area contributed by atoms with Gasteiger partial charge >= 0.3 is 0 Å². The van der Waals surface area contributed by atoms with Crippen molar-refractivity contribution >= 4 is 0 Å². The van der Waals surface area contributed by atoms with Crippen molar-refractivity contribution in [3.63, 3.8) is 0 Å². The predicted octanol–water partition coefficient (Wildman–Crippen LogP) is 5.97. The summed E-state index contributed by atoms with van der Waals surface area (Å²) in [5, 5.41) is 0. The molecule has 0 radical (unpaired) electrons. The van der Waals surface area contributed by atoms with E-state index in [4.69, 9.17) is 14.2 Å². The molecule has 2 aromatic rings. The minimum absolute atomic E-state index is 0.121. The lowest BCUT2D eigenvalue weighted by Gasteiger charge is -2.28. The summed E-state index contributed by atoms with van der Waals surface area (Å²) in [5.74, 6) is 0.933. The van der Waals surface area contributed by atoms with Gasteiger partial charge in [0.05, 0.1) is 19.3 Å². The molecule has 3 heteroatoms. The quantitative estimate of drug-likeness (QED) is 0.289. The van der Waals surface area contributed by atoms with Gasteiger partial charge in [-0.25, -0.2) is 0 Å². The van der Waals surface area contributed by atoms with Gasteiger partial charge in [-0.3, -0.25) is 0 Å². The zero-order valence-corrected chi connectivity index (χ0v) is 19.6. The highest BCUT2D eigenvalue weighted by Gasteiger charge is 2.27. The lowest BCUT2D eigenvalue weighted by Crippen LogP contribution is -2.20. The average Bonchev–Trinajstić information content (AvgIpc) is 3.69. The van der Waals surface area contributed by atoms with Crippen LogP contribution in [0.25, 0.3) is 0 Å². The summed E-state index contributed by atoms with van der Waals surface area (Å²) in [7, 11) is 0. The Bertz CT molecular complexity index is 951. The van der Waals surface area contributed by atoms with Gasteiger partial charge in [0.25, 0.3) is 0 Å². The molecule has 0 aliphatic carbocycles. The molecule has 32 heavy (non-hydrogen) atoms.